The van der Waals surface area contributed by atoms with Crippen molar-refractivity contribution in [2.75, 3.05) is 13.2 Å². The van der Waals surface area contributed by atoms with Gasteiger partial charge in [0.15, 0.2) is 6.61 Å². The van der Waals surface area contributed by atoms with Crippen molar-refractivity contribution >= 4 is 22.3 Å². The normalized spacial score (nSPS) is 15.6. The van der Waals surface area contributed by atoms with E-state index in [1.165, 1.54) is 27.8 Å². The second-order valence-electron chi connectivity index (χ2n) is 9.01. The van der Waals surface area contributed by atoms with Crippen LogP contribution in [0, 0.1) is 5.95 Å². The van der Waals surface area contributed by atoms with E-state index in [1.807, 2.05) is 36.4 Å². The van der Waals surface area contributed by atoms with E-state index >= 15 is 0 Å². The van der Waals surface area contributed by atoms with Crippen LogP contribution in [0.2, 0.25) is 0 Å². The maximum Gasteiger partial charge on any atom is 0.416 e. The number of halogens is 4. The molecule has 4 heterocycles. The first kappa shape index (κ1) is 23.9. The SMILES string of the molecule is O=C(COc1ccc2ccccc2c1)N1CCc2nc3cc(C(F)(F)F)ccn3c2C1c1cccnc1F. The highest BCUT2D eigenvalue weighted by Crippen LogP contribution is 2.38. The van der Waals surface area contributed by atoms with Crippen molar-refractivity contribution in [2.45, 2.75) is 18.6 Å². The Morgan fingerprint density at radius 1 is 1.03 bits per heavy atom. The van der Waals surface area contributed by atoms with Gasteiger partial charge in [-0.05, 0) is 41.1 Å². The number of amides is 1. The van der Waals surface area contributed by atoms with Crippen molar-refractivity contribution in [1.29, 1.82) is 0 Å². The quantitative estimate of drug-likeness (QED) is 0.229. The molecule has 0 radical (unpaired) electrons. The number of hydrogen-bond donors (Lipinski definition) is 0. The van der Waals surface area contributed by atoms with E-state index in [1.54, 1.807) is 12.1 Å². The third-order valence-corrected chi connectivity index (χ3v) is 6.71. The van der Waals surface area contributed by atoms with Gasteiger partial charge in [-0.25, -0.2) is 9.97 Å². The molecule has 10 heteroatoms. The highest BCUT2D eigenvalue weighted by Gasteiger charge is 2.38. The first-order valence-corrected chi connectivity index (χ1v) is 11.9. The molecule has 0 aliphatic carbocycles. The van der Waals surface area contributed by atoms with Gasteiger partial charge < -0.3 is 14.0 Å². The third kappa shape index (κ3) is 4.21. The molecule has 192 valence electrons. The Morgan fingerprint density at radius 2 is 1.84 bits per heavy atom. The van der Waals surface area contributed by atoms with Crippen molar-refractivity contribution in [1.82, 2.24) is 19.3 Å². The maximum absolute atomic E-state index is 15.0. The van der Waals surface area contributed by atoms with Gasteiger partial charge in [-0.2, -0.15) is 17.6 Å². The van der Waals surface area contributed by atoms with Crippen LogP contribution in [0.4, 0.5) is 17.6 Å². The molecule has 5 aromatic rings. The summed E-state index contributed by atoms with van der Waals surface area (Å²) in [6.07, 6.45) is -1.70. The van der Waals surface area contributed by atoms with E-state index in [0.717, 1.165) is 22.9 Å². The molecular weight excluding hydrogens is 500 g/mol. The van der Waals surface area contributed by atoms with Crippen molar-refractivity contribution in [3.8, 4) is 5.75 Å². The van der Waals surface area contributed by atoms with Gasteiger partial charge in [-0.15, -0.1) is 0 Å². The molecule has 0 fully saturated rings. The van der Waals surface area contributed by atoms with E-state index in [9.17, 15) is 22.4 Å². The summed E-state index contributed by atoms with van der Waals surface area (Å²) in [6, 6.07) is 17.2. The minimum absolute atomic E-state index is 0.0702. The first-order chi connectivity index (χ1) is 18.3. The van der Waals surface area contributed by atoms with Crippen LogP contribution in [-0.2, 0) is 17.4 Å². The summed E-state index contributed by atoms with van der Waals surface area (Å²) in [5, 5.41) is 1.99. The molecule has 2 aromatic carbocycles. The van der Waals surface area contributed by atoms with Gasteiger partial charge >= 0.3 is 6.18 Å². The van der Waals surface area contributed by atoms with E-state index < -0.39 is 29.6 Å². The monoisotopic (exact) mass is 520 g/mol. The summed E-state index contributed by atoms with van der Waals surface area (Å²) in [5.74, 6) is -0.673. The average molecular weight is 520 g/mol. The third-order valence-electron chi connectivity index (χ3n) is 6.71. The molecule has 6 nitrogen and oxygen atoms in total. The molecule has 1 amide bonds. The number of ether oxygens (including phenoxy) is 1. The predicted molar refractivity (Wildman–Crippen MR) is 131 cm³/mol. The van der Waals surface area contributed by atoms with Gasteiger partial charge in [0, 0.05) is 30.9 Å². The average Bonchev–Trinajstić information content (AvgIpc) is 3.29. The highest BCUT2D eigenvalue weighted by atomic mass is 19.4. The van der Waals surface area contributed by atoms with E-state index in [2.05, 4.69) is 9.97 Å². The molecule has 0 bridgehead atoms. The van der Waals surface area contributed by atoms with Crippen LogP contribution >= 0.6 is 0 Å². The van der Waals surface area contributed by atoms with E-state index in [-0.39, 0.29) is 24.4 Å². The van der Waals surface area contributed by atoms with Crippen LogP contribution < -0.4 is 4.74 Å². The number of carbonyl (C=O) groups excluding carboxylic acids is 1. The van der Waals surface area contributed by atoms with Crippen LogP contribution in [0.3, 0.4) is 0 Å². The van der Waals surface area contributed by atoms with Crippen molar-refractivity contribution in [3.63, 3.8) is 0 Å². The van der Waals surface area contributed by atoms with Crippen molar-refractivity contribution in [2.24, 2.45) is 0 Å². The Bertz CT molecular complexity index is 1680. The Kier molecular flexibility index (Phi) is 5.74. The standard InChI is InChI=1S/C28H20F4N4O2/c29-27-21(6-3-11-33-27)25-26-22(34-23-15-19(28(30,31)32)9-12-35(23)26)10-13-36(25)24(37)16-38-20-8-7-17-4-1-2-5-18(17)14-20/h1-9,11-12,14-15,25H,10,13,16H2. The van der Waals surface area contributed by atoms with Gasteiger partial charge in [0.25, 0.3) is 5.91 Å². The molecule has 0 saturated carbocycles. The van der Waals surface area contributed by atoms with E-state index in [4.69, 9.17) is 4.74 Å². The fourth-order valence-corrected chi connectivity index (χ4v) is 4.94. The molecule has 1 aliphatic rings. The number of rotatable bonds is 4. The number of aromatic nitrogens is 3. The summed E-state index contributed by atoms with van der Waals surface area (Å²) in [4.78, 5) is 23.1. The zero-order chi connectivity index (χ0) is 26.4. The Balaban J connectivity index is 1.36. The molecule has 1 unspecified atom stereocenters. The molecule has 3 aromatic heterocycles. The van der Waals surface area contributed by atoms with Crippen molar-refractivity contribution < 1.29 is 27.1 Å². The molecule has 1 atom stereocenters. The zero-order valence-corrected chi connectivity index (χ0v) is 19.8. The minimum Gasteiger partial charge on any atom is -0.484 e. The molecule has 0 spiro atoms. The van der Waals surface area contributed by atoms with Crippen LogP contribution in [0.15, 0.2) is 79.1 Å². The summed E-state index contributed by atoms with van der Waals surface area (Å²) in [6.45, 7) is -0.122. The Labute approximate surface area is 214 Å². The number of imidazole rings is 1. The van der Waals surface area contributed by atoms with Crippen LogP contribution in [0.5, 0.6) is 5.75 Å². The summed E-state index contributed by atoms with van der Waals surface area (Å²) < 4.78 is 62.2. The van der Waals surface area contributed by atoms with Crippen LogP contribution in [-0.4, -0.2) is 38.3 Å². The van der Waals surface area contributed by atoms with Crippen molar-refractivity contribution in [3.05, 3.63) is 108 Å². The van der Waals surface area contributed by atoms with Gasteiger partial charge in [0.05, 0.1) is 17.0 Å². The van der Waals surface area contributed by atoms with Gasteiger partial charge in [0.2, 0.25) is 5.95 Å². The molecule has 6 rings (SSSR count). The lowest BCUT2D eigenvalue weighted by Gasteiger charge is -2.35. The topological polar surface area (TPSA) is 59.7 Å². The second-order valence-corrected chi connectivity index (χ2v) is 9.01. The van der Waals surface area contributed by atoms with Gasteiger partial charge in [-0.1, -0.05) is 36.4 Å². The number of hydrogen-bond acceptors (Lipinski definition) is 4. The molecular formula is C28H20F4N4O2. The molecule has 0 saturated heterocycles. The maximum atomic E-state index is 15.0. The lowest BCUT2D eigenvalue weighted by Crippen LogP contribution is -2.43. The number of alkyl halides is 3. The Hall–Kier alpha value is -4.47. The predicted octanol–water partition coefficient (Wildman–Crippen LogP) is 5.59. The summed E-state index contributed by atoms with van der Waals surface area (Å²) in [7, 11) is 0. The fraction of sp³-hybridized carbons (Fsp3) is 0.179. The summed E-state index contributed by atoms with van der Waals surface area (Å²) >= 11 is 0. The number of pyridine rings is 2. The Morgan fingerprint density at radius 3 is 2.63 bits per heavy atom. The number of nitrogens with zero attached hydrogens (tertiary/aromatic N) is 4. The van der Waals surface area contributed by atoms with Gasteiger partial charge in [-0.3, -0.25) is 4.79 Å². The number of carbonyl (C=O) groups is 1. The molecule has 1 aliphatic heterocycles. The number of benzene rings is 2. The smallest absolute Gasteiger partial charge is 0.416 e. The van der Waals surface area contributed by atoms with Crippen LogP contribution in [0.25, 0.3) is 16.4 Å². The fourth-order valence-electron chi connectivity index (χ4n) is 4.94. The highest BCUT2D eigenvalue weighted by molar-refractivity contribution is 5.84. The minimum atomic E-state index is -4.54. The first-order valence-electron chi connectivity index (χ1n) is 11.9. The van der Waals surface area contributed by atoms with E-state index in [0.29, 0.717) is 23.6 Å². The lowest BCUT2D eigenvalue weighted by atomic mass is 9.96. The zero-order valence-electron chi connectivity index (χ0n) is 19.8. The lowest BCUT2D eigenvalue weighted by molar-refractivity contribution is -0.137. The number of fused-ring (bicyclic) bond motifs is 4. The summed E-state index contributed by atoms with van der Waals surface area (Å²) in [5.41, 5.74) is 0.270. The molecule has 0 N–H and O–H groups in total. The largest absolute Gasteiger partial charge is 0.484 e. The van der Waals surface area contributed by atoms with Crippen LogP contribution in [0.1, 0.15) is 28.6 Å². The van der Waals surface area contributed by atoms with Gasteiger partial charge in [0.1, 0.15) is 17.4 Å². The molecule has 38 heavy (non-hydrogen) atoms. The second kappa shape index (κ2) is 9.13.